The monoisotopic (exact) mass is 327 g/mol. The number of hydrogen-bond donors (Lipinski definition) is 1. The molecule has 2 atom stereocenters. The Labute approximate surface area is 130 Å². The number of rotatable bonds is 7. The fraction of sp³-hybridized carbons (Fsp3) is 0.533. The molecule has 0 spiro atoms. The number of nitrogens with one attached hydrogen (secondary N) is 1. The molecule has 7 heteroatoms. The van der Waals surface area contributed by atoms with Crippen molar-refractivity contribution in [1.82, 2.24) is 5.09 Å². The minimum Gasteiger partial charge on any atom is -0.461 e. The fourth-order valence-corrected chi connectivity index (χ4v) is 3.51. The van der Waals surface area contributed by atoms with E-state index in [1.165, 1.54) is 7.11 Å². The Morgan fingerprint density at radius 3 is 2.50 bits per heavy atom. The van der Waals surface area contributed by atoms with Crippen molar-refractivity contribution in [2.75, 3.05) is 7.11 Å². The predicted molar refractivity (Wildman–Crippen MR) is 82.6 cm³/mol. The van der Waals surface area contributed by atoms with Crippen LogP contribution in [0, 0.1) is 0 Å². The molecule has 0 bridgehead atoms. The van der Waals surface area contributed by atoms with Gasteiger partial charge < -0.3 is 9.26 Å². The maximum Gasteiger partial charge on any atom is 0.459 e. The maximum absolute atomic E-state index is 12.5. The first kappa shape index (κ1) is 17.0. The van der Waals surface area contributed by atoms with E-state index in [4.69, 9.17) is 13.8 Å². The van der Waals surface area contributed by atoms with Gasteiger partial charge in [0.25, 0.3) is 0 Å². The Morgan fingerprint density at radius 2 is 1.91 bits per heavy atom. The molecule has 0 radical (unpaired) electrons. The summed E-state index contributed by atoms with van der Waals surface area (Å²) >= 11 is 0. The SMILES string of the molecule is COP(=O)(NC(C)C(=O)OC1CCCC1)Oc1ccccc1. The Balaban J connectivity index is 1.92. The second kappa shape index (κ2) is 7.77. The average molecular weight is 327 g/mol. The highest BCUT2D eigenvalue weighted by Gasteiger charge is 2.32. The standard InChI is InChI=1S/C15H22NO5P/c1-12(15(17)20-13-8-6-7-9-13)16-22(18,19-2)21-14-10-4-3-5-11-14/h3-5,10-13H,6-9H2,1-2H3,(H,16,18). The van der Waals surface area contributed by atoms with Gasteiger partial charge in [0.2, 0.25) is 0 Å². The fourth-order valence-electron chi connectivity index (χ4n) is 2.30. The van der Waals surface area contributed by atoms with Crippen LogP contribution in [0.2, 0.25) is 0 Å². The van der Waals surface area contributed by atoms with Crippen LogP contribution in [0.25, 0.3) is 0 Å². The zero-order valence-corrected chi connectivity index (χ0v) is 13.8. The van der Waals surface area contributed by atoms with Gasteiger partial charge in [-0.1, -0.05) is 18.2 Å². The number of hydrogen-bond acceptors (Lipinski definition) is 5. The molecule has 0 aliphatic heterocycles. The van der Waals surface area contributed by atoms with Crippen LogP contribution in [0.5, 0.6) is 5.75 Å². The average Bonchev–Trinajstić information content (AvgIpc) is 3.01. The van der Waals surface area contributed by atoms with Crippen LogP contribution in [0.3, 0.4) is 0 Å². The quantitative estimate of drug-likeness (QED) is 0.612. The largest absolute Gasteiger partial charge is 0.461 e. The molecule has 1 saturated carbocycles. The Bertz CT molecular complexity index is 530. The van der Waals surface area contributed by atoms with E-state index in [0.29, 0.717) is 5.75 Å². The molecule has 1 aromatic carbocycles. The van der Waals surface area contributed by atoms with Gasteiger partial charge in [0, 0.05) is 7.11 Å². The summed E-state index contributed by atoms with van der Waals surface area (Å²) in [6.45, 7) is 1.58. The molecule has 2 unspecified atom stereocenters. The molecular weight excluding hydrogens is 305 g/mol. The van der Waals surface area contributed by atoms with Gasteiger partial charge in [0.05, 0.1) is 0 Å². The van der Waals surface area contributed by atoms with E-state index >= 15 is 0 Å². The summed E-state index contributed by atoms with van der Waals surface area (Å²) in [5.41, 5.74) is 0. The smallest absolute Gasteiger partial charge is 0.459 e. The summed E-state index contributed by atoms with van der Waals surface area (Å²) < 4.78 is 28.2. The normalized spacial score (nSPS) is 19.4. The van der Waals surface area contributed by atoms with E-state index in [9.17, 15) is 9.36 Å². The van der Waals surface area contributed by atoms with E-state index in [-0.39, 0.29) is 6.10 Å². The van der Waals surface area contributed by atoms with Gasteiger partial charge in [0.15, 0.2) is 0 Å². The summed E-state index contributed by atoms with van der Waals surface area (Å²) in [5.74, 6) is -0.0441. The first-order chi connectivity index (χ1) is 10.5. The van der Waals surface area contributed by atoms with Crippen LogP contribution in [-0.4, -0.2) is 25.2 Å². The summed E-state index contributed by atoms with van der Waals surface area (Å²) in [4.78, 5) is 12.0. The van der Waals surface area contributed by atoms with Crippen LogP contribution >= 0.6 is 7.75 Å². The molecule has 0 aromatic heterocycles. The predicted octanol–water partition coefficient (Wildman–Crippen LogP) is 3.28. The molecule has 1 aliphatic carbocycles. The number of carbonyl (C=O) groups excluding carboxylic acids is 1. The van der Waals surface area contributed by atoms with Crippen molar-refractivity contribution in [1.29, 1.82) is 0 Å². The number of ether oxygens (including phenoxy) is 1. The van der Waals surface area contributed by atoms with Gasteiger partial charge in [0.1, 0.15) is 17.9 Å². The molecule has 22 heavy (non-hydrogen) atoms. The van der Waals surface area contributed by atoms with Crippen molar-refractivity contribution in [2.45, 2.75) is 44.8 Å². The van der Waals surface area contributed by atoms with Gasteiger partial charge in [-0.3, -0.25) is 9.32 Å². The topological polar surface area (TPSA) is 73.9 Å². The van der Waals surface area contributed by atoms with Crippen molar-refractivity contribution in [3.63, 3.8) is 0 Å². The summed E-state index contributed by atoms with van der Waals surface area (Å²) in [6.07, 6.45) is 3.90. The second-order valence-corrected chi connectivity index (χ2v) is 7.08. The summed E-state index contributed by atoms with van der Waals surface area (Å²) in [7, 11) is -2.36. The third kappa shape index (κ3) is 4.83. The third-order valence-corrected chi connectivity index (χ3v) is 5.13. The van der Waals surface area contributed by atoms with E-state index in [0.717, 1.165) is 25.7 Å². The van der Waals surface area contributed by atoms with Crippen LogP contribution in [0.1, 0.15) is 32.6 Å². The lowest BCUT2D eigenvalue weighted by Crippen LogP contribution is -2.36. The van der Waals surface area contributed by atoms with Crippen LogP contribution in [-0.2, 0) is 18.6 Å². The van der Waals surface area contributed by atoms with Gasteiger partial charge in [-0.05, 0) is 44.7 Å². The van der Waals surface area contributed by atoms with E-state index in [2.05, 4.69) is 5.09 Å². The van der Waals surface area contributed by atoms with Crippen molar-refractivity contribution >= 4 is 13.7 Å². The third-order valence-electron chi connectivity index (χ3n) is 3.50. The summed E-state index contributed by atoms with van der Waals surface area (Å²) in [6, 6.07) is 7.87. The Kier molecular flexibility index (Phi) is 6.00. The molecule has 1 N–H and O–H groups in total. The molecule has 0 heterocycles. The maximum atomic E-state index is 12.5. The second-order valence-electron chi connectivity index (χ2n) is 5.28. The lowest BCUT2D eigenvalue weighted by Gasteiger charge is -2.22. The lowest BCUT2D eigenvalue weighted by atomic mass is 10.3. The first-order valence-corrected chi connectivity index (χ1v) is 8.95. The molecule has 1 aromatic rings. The van der Waals surface area contributed by atoms with Gasteiger partial charge in [-0.25, -0.2) is 4.57 Å². The number of esters is 1. The molecule has 2 rings (SSSR count). The van der Waals surface area contributed by atoms with Crippen molar-refractivity contribution < 1.29 is 23.1 Å². The van der Waals surface area contributed by atoms with Crippen LogP contribution < -0.4 is 9.61 Å². The molecule has 0 saturated heterocycles. The minimum absolute atomic E-state index is 0.0336. The Hall–Kier alpha value is -1.36. The molecule has 0 amide bonds. The van der Waals surface area contributed by atoms with Gasteiger partial charge >= 0.3 is 13.7 Å². The van der Waals surface area contributed by atoms with E-state index in [1.54, 1.807) is 31.2 Å². The molecule has 6 nitrogen and oxygen atoms in total. The van der Waals surface area contributed by atoms with Crippen molar-refractivity contribution in [3.05, 3.63) is 30.3 Å². The Morgan fingerprint density at radius 1 is 1.27 bits per heavy atom. The molecule has 1 fully saturated rings. The van der Waals surface area contributed by atoms with E-state index in [1.807, 2.05) is 6.07 Å². The zero-order valence-electron chi connectivity index (χ0n) is 12.9. The lowest BCUT2D eigenvalue weighted by molar-refractivity contribution is -0.150. The number of carbonyl (C=O) groups is 1. The highest BCUT2D eigenvalue weighted by atomic mass is 31.2. The summed E-state index contributed by atoms with van der Waals surface area (Å²) in [5, 5.41) is 2.60. The van der Waals surface area contributed by atoms with Crippen molar-refractivity contribution in [3.8, 4) is 5.75 Å². The van der Waals surface area contributed by atoms with Crippen molar-refractivity contribution in [2.24, 2.45) is 0 Å². The van der Waals surface area contributed by atoms with Crippen LogP contribution in [0.15, 0.2) is 30.3 Å². The molecule has 1 aliphatic rings. The highest BCUT2D eigenvalue weighted by molar-refractivity contribution is 7.52. The van der Waals surface area contributed by atoms with Crippen LogP contribution in [0.4, 0.5) is 0 Å². The first-order valence-electron chi connectivity index (χ1n) is 7.41. The van der Waals surface area contributed by atoms with E-state index < -0.39 is 19.8 Å². The molecule has 122 valence electrons. The zero-order chi connectivity index (χ0) is 16.0. The number of para-hydroxylation sites is 1. The highest BCUT2D eigenvalue weighted by Crippen LogP contribution is 2.43. The minimum atomic E-state index is -3.63. The van der Waals surface area contributed by atoms with Gasteiger partial charge in [-0.15, -0.1) is 0 Å². The molecular formula is C15H22NO5P. The van der Waals surface area contributed by atoms with Gasteiger partial charge in [-0.2, -0.15) is 5.09 Å². The number of benzene rings is 1.